The van der Waals surface area contributed by atoms with Gasteiger partial charge in [0, 0.05) is 32.6 Å². The summed E-state index contributed by atoms with van der Waals surface area (Å²) in [7, 11) is 0. The number of nitro groups is 1. The Morgan fingerprint density at radius 1 is 1.14 bits per heavy atom. The van der Waals surface area contributed by atoms with Crippen molar-refractivity contribution in [1.82, 2.24) is 0 Å². The van der Waals surface area contributed by atoms with Crippen LogP contribution in [0.15, 0.2) is 55.1 Å². The molecule has 4 rings (SSSR count). The molecule has 1 saturated carbocycles. The molecule has 0 N–H and O–H groups in total. The van der Waals surface area contributed by atoms with Crippen molar-refractivity contribution < 1.29 is 18.9 Å². The number of ketones is 2. The Labute approximate surface area is 165 Å². The fourth-order valence-corrected chi connectivity index (χ4v) is 5.10. The van der Waals surface area contributed by atoms with Crippen LogP contribution in [0.25, 0.3) is 0 Å². The third-order valence-electron chi connectivity index (χ3n) is 5.95. The molecule has 0 bridgehead atoms. The summed E-state index contributed by atoms with van der Waals surface area (Å²) in [4.78, 5) is 38.3. The monoisotopic (exact) mass is 399 g/mol. The number of fused-ring (bicyclic) bond motifs is 1. The van der Waals surface area contributed by atoms with E-state index in [2.05, 4.69) is 6.58 Å². The lowest BCUT2D eigenvalue weighted by atomic mass is 9.69. The van der Waals surface area contributed by atoms with Crippen LogP contribution in [-0.2, 0) is 0 Å². The lowest BCUT2D eigenvalue weighted by molar-refractivity contribution is -0.530. The van der Waals surface area contributed by atoms with Gasteiger partial charge in [-0.15, -0.1) is 6.58 Å². The molecular weight excluding hydrogens is 385 g/mol. The first-order valence-corrected chi connectivity index (χ1v) is 9.11. The van der Waals surface area contributed by atoms with E-state index in [1.54, 1.807) is 12.1 Å². The lowest BCUT2D eigenvalue weighted by Gasteiger charge is -2.29. The molecule has 5 nitrogen and oxygen atoms in total. The van der Waals surface area contributed by atoms with Gasteiger partial charge in [0.15, 0.2) is 11.6 Å². The first kappa shape index (κ1) is 18.5. The highest BCUT2D eigenvalue weighted by atomic mass is 35.5. The van der Waals surface area contributed by atoms with E-state index in [1.165, 1.54) is 30.3 Å². The number of hydrogen-bond donors (Lipinski definition) is 0. The first-order valence-electron chi connectivity index (χ1n) is 8.73. The third-order valence-corrected chi connectivity index (χ3v) is 6.28. The standard InChI is InChI=1S/C21H15ClFNO4/c1-2-11-10-21(19(25)12-6-3-4-7-13(12)20(21)26)17(18(11)24(27)28)16-14(22)8-5-9-15(16)23/h2-9,11,17-18H,1,10H2/t11-,17+,18-/m1/s1. The van der Waals surface area contributed by atoms with Crippen LogP contribution in [0.4, 0.5) is 4.39 Å². The van der Waals surface area contributed by atoms with Gasteiger partial charge in [-0.3, -0.25) is 19.7 Å². The van der Waals surface area contributed by atoms with Gasteiger partial charge in [0.1, 0.15) is 11.2 Å². The summed E-state index contributed by atoms with van der Waals surface area (Å²) in [5, 5.41) is 11.9. The second-order valence-electron chi connectivity index (χ2n) is 7.17. The lowest BCUT2D eigenvalue weighted by Crippen LogP contribution is -2.41. The van der Waals surface area contributed by atoms with Gasteiger partial charge in [-0.25, -0.2) is 4.39 Å². The highest BCUT2D eigenvalue weighted by Gasteiger charge is 2.69. The summed E-state index contributed by atoms with van der Waals surface area (Å²) in [6.45, 7) is 3.65. The average Bonchev–Trinajstić information content (AvgIpc) is 3.12. The second-order valence-corrected chi connectivity index (χ2v) is 7.58. The van der Waals surface area contributed by atoms with Crippen molar-refractivity contribution in [3.05, 3.63) is 92.8 Å². The molecule has 1 spiro atoms. The number of carbonyl (C=O) groups excluding carboxylic acids is 2. The number of benzene rings is 2. The maximum absolute atomic E-state index is 14.8. The largest absolute Gasteiger partial charge is 0.293 e. The number of Topliss-reactive ketones (excluding diaryl/α,β-unsaturated/α-hetero) is 2. The van der Waals surface area contributed by atoms with Crippen LogP contribution < -0.4 is 0 Å². The molecule has 1 fully saturated rings. The van der Waals surface area contributed by atoms with Crippen LogP contribution in [0, 0.1) is 27.3 Å². The van der Waals surface area contributed by atoms with E-state index in [1.807, 2.05) is 0 Å². The fraction of sp³-hybridized carbons (Fsp3) is 0.238. The van der Waals surface area contributed by atoms with Crippen molar-refractivity contribution in [3.63, 3.8) is 0 Å². The molecule has 142 valence electrons. The molecule has 7 heteroatoms. The Balaban J connectivity index is 2.04. The highest BCUT2D eigenvalue weighted by Crippen LogP contribution is 2.60. The molecule has 0 amide bonds. The van der Waals surface area contributed by atoms with Gasteiger partial charge in [-0.05, 0) is 18.6 Å². The summed E-state index contributed by atoms with van der Waals surface area (Å²) >= 11 is 6.23. The van der Waals surface area contributed by atoms with Gasteiger partial charge in [0.2, 0.25) is 6.04 Å². The van der Waals surface area contributed by atoms with Gasteiger partial charge >= 0.3 is 0 Å². The maximum Gasteiger partial charge on any atom is 0.227 e. The van der Waals surface area contributed by atoms with Gasteiger partial charge in [-0.2, -0.15) is 0 Å². The van der Waals surface area contributed by atoms with E-state index in [9.17, 15) is 24.1 Å². The van der Waals surface area contributed by atoms with Crippen molar-refractivity contribution >= 4 is 23.2 Å². The van der Waals surface area contributed by atoms with Gasteiger partial charge in [-0.1, -0.05) is 48.0 Å². The molecule has 2 aromatic rings. The Bertz CT molecular complexity index is 995. The summed E-state index contributed by atoms with van der Waals surface area (Å²) in [5.74, 6) is -3.92. The summed E-state index contributed by atoms with van der Waals surface area (Å²) < 4.78 is 14.8. The van der Waals surface area contributed by atoms with Crippen molar-refractivity contribution in [2.75, 3.05) is 0 Å². The summed E-state index contributed by atoms with van der Waals surface area (Å²) in [5.41, 5.74) is -1.52. The van der Waals surface area contributed by atoms with Gasteiger partial charge in [0.25, 0.3) is 0 Å². The minimum absolute atomic E-state index is 0.0440. The minimum atomic E-state index is -1.77. The topological polar surface area (TPSA) is 77.3 Å². The molecule has 2 aromatic carbocycles. The van der Waals surface area contributed by atoms with Crippen LogP contribution in [0.1, 0.15) is 38.6 Å². The fourth-order valence-electron chi connectivity index (χ4n) is 4.81. The number of nitrogens with zero attached hydrogens (tertiary/aromatic N) is 1. The third kappa shape index (κ3) is 2.24. The zero-order chi connectivity index (χ0) is 20.2. The van der Waals surface area contributed by atoms with Crippen molar-refractivity contribution in [2.45, 2.75) is 18.4 Å². The van der Waals surface area contributed by atoms with Crippen LogP contribution in [0.5, 0.6) is 0 Å². The molecule has 0 saturated heterocycles. The zero-order valence-electron chi connectivity index (χ0n) is 14.6. The van der Waals surface area contributed by atoms with E-state index < -0.39 is 45.6 Å². The average molecular weight is 400 g/mol. The molecule has 0 heterocycles. The SMILES string of the molecule is C=C[C@@H]1CC2(C(=O)c3ccccc3C2=O)[C@@H](c2c(F)cccc2Cl)[C@@H]1[N+](=O)[O-]. The Morgan fingerprint density at radius 2 is 1.75 bits per heavy atom. The first-order chi connectivity index (χ1) is 13.3. The van der Waals surface area contributed by atoms with Crippen molar-refractivity contribution in [1.29, 1.82) is 0 Å². The predicted octanol–water partition coefficient (Wildman–Crippen LogP) is 4.48. The van der Waals surface area contributed by atoms with E-state index in [4.69, 9.17) is 11.6 Å². The number of carbonyl (C=O) groups is 2. The van der Waals surface area contributed by atoms with Crippen LogP contribution in [-0.4, -0.2) is 22.5 Å². The maximum atomic E-state index is 14.8. The molecule has 28 heavy (non-hydrogen) atoms. The molecule has 2 aliphatic carbocycles. The number of halogens is 2. The molecular formula is C21H15ClFNO4. The van der Waals surface area contributed by atoms with E-state index in [0.717, 1.165) is 6.07 Å². The highest BCUT2D eigenvalue weighted by molar-refractivity contribution is 6.33. The molecule has 0 radical (unpaired) electrons. The Kier molecular flexibility index (Phi) is 4.19. The Hall–Kier alpha value is -2.86. The number of rotatable bonds is 3. The van der Waals surface area contributed by atoms with Gasteiger partial charge in [0.05, 0.1) is 5.92 Å². The van der Waals surface area contributed by atoms with Crippen LogP contribution >= 0.6 is 11.6 Å². The van der Waals surface area contributed by atoms with E-state index in [-0.39, 0.29) is 28.1 Å². The predicted molar refractivity (Wildman–Crippen MR) is 101 cm³/mol. The molecule has 2 aliphatic rings. The molecule has 3 atom stereocenters. The van der Waals surface area contributed by atoms with E-state index in [0.29, 0.717) is 0 Å². The summed E-state index contributed by atoms with van der Waals surface area (Å²) in [6, 6.07) is 8.81. The van der Waals surface area contributed by atoms with Crippen molar-refractivity contribution in [3.8, 4) is 0 Å². The quantitative estimate of drug-likeness (QED) is 0.330. The van der Waals surface area contributed by atoms with Gasteiger partial charge < -0.3 is 0 Å². The molecule has 0 aromatic heterocycles. The molecule has 0 aliphatic heterocycles. The second kappa shape index (κ2) is 6.34. The minimum Gasteiger partial charge on any atom is -0.293 e. The Morgan fingerprint density at radius 3 is 2.25 bits per heavy atom. The molecule has 0 unspecified atom stereocenters. The zero-order valence-corrected chi connectivity index (χ0v) is 15.4. The summed E-state index contributed by atoms with van der Waals surface area (Å²) in [6.07, 6.45) is 1.26. The van der Waals surface area contributed by atoms with E-state index >= 15 is 0 Å². The normalized spacial score (nSPS) is 25.1. The van der Waals surface area contributed by atoms with Crippen molar-refractivity contribution in [2.24, 2.45) is 11.3 Å². The van der Waals surface area contributed by atoms with Crippen LogP contribution in [0.2, 0.25) is 5.02 Å². The smallest absolute Gasteiger partial charge is 0.227 e. The number of hydrogen-bond acceptors (Lipinski definition) is 4. The van der Waals surface area contributed by atoms with Crippen LogP contribution in [0.3, 0.4) is 0 Å².